The molecule has 16 heavy (non-hydrogen) atoms. The summed E-state index contributed by atoms with van der Waals surface area (Å²) in [7, 11) is 0. The molecule has 0 aromatic rings. The van der Waals surface area contributed by atoms with Crippen molar-refractivity contribution in [2.45, 2.75) is 51.4 Å². The van der Waals surface area contributed by atoms with Gasteiger partial charge in [0, 0.05) is 18.6 Å². The molecule has 3 atom stereocenters. The summed E-state index contributed by atoms with van der Waals surface area (Å²) in [5.74, 6) is -0.139. The number of hydrogen-bond acceptors (Lipinski definition) is 4. The number of carbonyl (C=O) groups is 1. The Balaban J connectivity index is 2.36. The molecule has 0 saturated heterocycles. The van der Waals surface area contributed by atoms with Crippen molar-refractivity contribution in [2.75, 3.05) is 6.61 Å². The molecule has 1 aliphatic rings. The quantitative estimate of drug-likeness (QED) is 0.651. The van der Waals surface area contributed by atoms with Crippen LogP contribution in [0, 0.1) is 5.92 Å². The lowest BCUT2D eigenvalue weighted by Gasteiger charge is -2.21. The molecule has 0 radical (unpaired) electrons. The molecule has 0 unspecified atom stereocenters. The van der Waals surface area contributed by atoms with Gasteiger partial charge in [0.15, 0.2) is 0 Å². The van der Waals surface area contributed by atoms with Crippen LogP contribution in [0.3, 0.4) is 0 Å². The normalized spacial score (nSPS) is 30.2. The second-order valence-electron chi connectivity index (χ2n) is 5.32. The number of aliphatic hydroxyl groups excluding tert-OH is 2. The zero-order valence-corrected chi connectivity index (χ0v) is 10.1. The van der Waals surface area contributed by atoms with Gasteiger partial charge in [0.25, 0.3) is 0 Å². The maximum absolute atomic E-state index is 11.4. The van der Waals surface area contributed by atoms with Crippen LogP contribution in [0.25, 0.3) is 0 Å². The number of rotatable bonds is 2. The van der Waals surface area contributed by atoms with E-state index in [1.165, 1.54) is 0 Å². The van der Waals surface area contributed by atoms with Crippen LogP contribution in [0.15, 0.2) is 0 Å². The molecular weight excluding hydrogens is 210 g/mol. The summed E-state index contributed by atoms with van der Waals surface area (Å²) < 4.78 is 5.11. The van der Waals surface area contributed by atoms with E-state index in [1.807, 2.05) is 0 Å². The van der Waals surface area contributed by atoms with E-state index >= 15 is 0 Å². The molecule has 0 heterocycles. The third-order valence-electron chi connectivity index (χ3n) is 2.61. The fraction of sp³-hybridized carbons (Fsp3) is 0.909. The van der Waals surface area contributed by atoms with E-state index in [-0.39, 0.29) is 18.6 Å². The Morgan fingerprint density at radius 2 is 2.06 bits per heavy atom. The average Bonchev–Trinajstić information content (AvgIpc) is 2.42. The number of carbonyl (C=O) groups excluding carboxylic acids is 1. The number of alkyl carbamates (subject to hydrolysis) is 1. The molecule has 5 nitrogen and oxygen atoms in total. The Labute approximate surface area is 95.8 Å². The second-order valence-corrected chi connectivity index (χ2v) is 5.32. The van der Waals surface area contributed by atoms with Gasteiger partial charge in [-0.3, -0.25) is 0 Å². The van der Waals surface area contributed by atoms with Crippen molar-refractivity contribution in [2.24, 2.45) is 5.92 Å². The van der Waals surface area contributed by atoms with Crippen molar-refractivity contribution < 1.29 is 19.7 Å². The van der Waals surface area contributed by atoms with Gasteiger partial charge in [-0.2, -0.15) is 0 Å². The summed E-state index contributed by atoms with van der Waals surface area (Å²) in [6.07, 6.45) is 0.0645. The lowest BCUT2D eigenvalue weighted by atomic mass is 10.1. The third kappa shape index (κ3) is 3.98. The number of ether oxygens (including phenoxy) is 1. The van der Waals surface area contributed by atoms with Crippen molar-refractivity contribution >= 4 is 6.09 Å². The minimum Gasteiger partial charge on any atom is -0.444 e. The SMILES string of the molecule is CC(C)(C)OC(=O)N[C@@H]1C[C@H](CO)[C@H](O)C1. The second kappa shape index (κ2) is 5.01. The van der Waals surface area contributed by atoms with E-state index in [1.54, 1.807) is 20.8 Å². The van der Waals surface area contributed by atoms with Gasteiger partial charge in [-0.25, -0.2) is 4.79 Å². The Morgan fingerprint density at radius 1 is 1.44 bits per heavy atom. The van der Waals surface area contributed by atoms with Gasteiger partial charge in [-0.1, -0.05) is 0 Å². The maximum atomic E-state index is 11.4. The lowest BCUT2D eigenvalue weighted by molar-refractivity contribution is 0.0502. The van der Waals surface area contributed by atoms with E-state index in [9.17, 15) is 9.90 Å². The minimum atomic E-state index is -0.537. The Bertz CT molecular complexity index is 249. The Morgan fingerprint density at radius 3 is 2.50 bits per heavy atom. The van der Waals surface area contributed by atoms with Gasteiger partial charge >= 0.3 is 6.09 Å². The summed E-state index contributed by atoms with van der Waals surface area (Å²) in [5.41, 5.74) is -0.516. The summed E-state index contributed by atoms with van der Waals surface area (Å²) in [6.45, 7) is 5.35. The molecule has 0 aliphatic heterocycles. The molecule has 1 amide bonds. The molecule has 94 valence electrons. The van der Waals surface area contributed by atoms with Crippen LogP contribution >= 0.6 is 0 Å². The van der Waals surface area contributed by atoms with E-state index in [4.69, 9.17) is 9.84 Å². The number of hydrogen-bond donors (Lipinski definition) is 3. The minimum absolute atomic E-state index is 0.0480. The smallest absolute Gasteiger partial charge is 0.407 e. The molecule has 5 heteroatoms. The topological polar surface area (TPSA) is 78.8 Å². The van der Waals surface area contributed by atoms with Crippen LogP contribution in [0.5, 0.6) is 0 Å². The van der Waals surface area contributed by atoms with Crippen LogP contribution in [0.2, 0.25) is 0 Å². The van der Waals surface area contributed by atoms with Crippen LogP contribution < -0.4 is 5.32 Å². The van der Waals surface area contributed by atoms with Crippen molar-refractivity contribution in [1.29, 1.82) is 0 Å². The van der Waals surface area contributed by atoms with E-state index < -0.39 is 17.8 Å². The van der Waals surface area contributed by atoms with Crippen LogP contribution in [0.1, 0.15) is 33.6 Å². The van der Waals surface area contributed by atoms with Crippen LogP contribution in [-0.4, -0.2) is 40.7 Å². The average molecular weight is 231 g/mol. The predicted molar refractivity (Wildman–Crippen MR) is 59.0 cm³/mol. The number of aliphatic hydroxyl groups is 2. The van der Waals surface area contributed by atoms with Gasteiger partial charge in [0.1, 0.15) is 5.60 Å². The zero-order valence-electron chi connectivity index (χ0n) is 10.1. The standard InChI is InChI=1S/C11H21NO4/c1-11(2,3)16-10(15)12-8-4-7(6-13)9(14)5-8/h7-9,13-14H,4-6H2,1-3H3,(H,12,15)/t7-,8-,9-/m1/s1. The third-order valence-corrected chi connectivity index (χ3v) is 2.61. The van der Waals surface area contributed by atoms with Gasteiger partial charge in [-0.15, -0.1) is 0 Å². The highest BCUT2D eigenvalue weighted by Gasteiger charge is 2.33. The van der Waals surface area contributed by atoms with Crippen molar-refractivity contribution in [1.82, 2.24) is 5.32 Å². The van der Waals surface area contributed by atoms with E-state index in [0.717, 1.165) is 0 Å². The van der Waals surface area contributed by atoms with Crippen molar-refractivity contribution in [3.63, 3.8) is 0 Å². The number of amides is 1. The van der Waals surface area contributed by atoms with Gasteiger partial charge < -0.3 is 20.3 Å². The Hall–Kier alpha value is -0.810. The highest BCUT2D eigenvalue weighted by Crippen LogP contribution is 2.25. The van der Waals surface area contributed by atoms with Gasteiger partial charge in [0.05, 0.1) is 6.10 Å². The highest BCUT2D eigenvalue weighted by atomic mass is 16.6. The fourth-order valence-corrected chi connectivity index (χ4v) is 1.89. The van der Waals surface area contributed by atoms with Crippen molar-refractivity contribution in [3.05, 3.63) is 0 Å². The molecule has 3 N–H and O–H groups in total. The zero-order chi connectivity index (χ0) is 12.3. The first-order chi connectivity index (χ1) is 7.31. The van der Waals surface area contributed by atoms with Crippen LogP contribution in [0.4, 0.5) is 4.79 Å². The van der Waals surface area contributed by atoms with Gasteiger partial charge in [0.2, 0.25) is 0 Å². The predicted octanol–water partition coefficient (Wildman–Crippen LogP) is 0.643. The molecule has 0 aromatic carbocycles. The first-order valence-corrected chi connectivity index (χ1v) is 5.60. The first kappa shape index (κ1) is 13.3. The monoisotopic (exact) mass is 231 g/mol. The summed E-state index contributed by atoms with van der Waals surface area (Å²) in [4.78, 5) is 11.4. The summed E-state index contributed by atoms with van der Waals surface area (Å²) in [6, 6.07) is -0.109. The highest BCUT2D eigenvalue weighted by molar-refractivity contribution is 5.68. The molecular formula is C11H21NO4. The van der Waals surface area contributed by atoms with Crippen LogP contribution in [-0.2, 0) is 4.74 Å². The molecule has 1 fully saturated rings. The maximum Gasteiger partial charge on any atom is 0.407 e. The number of nitrogens with one attached hydrogen (secondary N) is 1. The first-order valence-electron chi connectivity index (χ1n) is 5.60. The molecule has 0 spiro atoms. The fourth-order valence-electron chi connectivity index (χ4n) is 1.89. The van der Waals surface area contributed by atoms with E-state index in [0.29, 0.717) is 12.8 Å². The summed E-state index contributed by atoms with van der Waals surface area (Å²) in [5, 5.41) is 21.2. The molecule has 1 saturated carbocycles. The molecule has 0 aromatic heterocycles. The summed E-state index contributed by atoms with van der Waals surface area (Å²) >= 11 is 0. The van der Waals surface area contributed by atoms with E-state index in [2.05, 4.69) is 5.32 Å². The molecule has 1 aliphatic carbocycles. The molecule has 1 rings (SSSR count). The lowest BCUT2D eigenvalue weighted by Crippen LogP contribution is -2.38. The van der Waals surface area contributed by atoms with Crippen molar-refractivity contribution in [3.8, 4) is 0 Å². The largest absolute Gasteiger partial charge is 0.444 e. The van der Waals surface area contributed by atoms with Gasteiger partial charge in [-0.05, 0) is 33.6 Å². The molecule has 0 bridgehead atoms. The Kier molecular flexibility index (Phi) is 4.15.